The number of thiazole rings is 1. The van der Waals surface area contributed by atoms with Crippen molar-refractivity contribution in [1.82, 2.24) is 4.98 Å². The molecule has 0 bridgehead atoms. The summed E-state index contributed by atoms with van der Waals surface area (Å²) < 4.78 is 6.09. The lowest BCUT2D eigenvalue weighted by atomic mass is 10.1. The number of nitrogens with zero attached hydrogens (tertiary/aromatic N) is 1. The molecular formula is C16H12Cl2N2O2S2. The topological polar surface area (TPSA) is 51.2 Å². The van der Waals surface area contributed by atoms with Gasteiger partial charge >= 0.3 is 0 Å². The number of hydrogen-bond donors (Lipinski definition) is 1. The number of halogens is 2. The smallest absolute Gasteiger partial charge is 0.259 e. The van der Waals surface area contributed by atoms with Gasteiger partial charge < -0.3 is 4.74 Å². The molecule has 1 N–H and O–H groups in total. The number of hydrogen-bond acceptors (Lipinski definition) is 5. The number of thiophene rings is 1. The number of nitrogens with one attached hydrogen (secondary N) is 1. The van der Waals surface area contributed by atoms with Crippen LogP contribution in [-0.4, -0.2) is 18.0 Å². The second-order valence-corrected chi connectivity index (χ2v) is 8.06. The van der Waals surface area contributed by atoms with E-state index in [4.69, 9.17) is 27.9 Å². The summed E-state index contributed by atoms with van der Waals surface area (Å²) in [6.07, 6.45) is 0. The van der Waals surface area contributed by atoms with Gasteiger partial charge in [0, 0.05) is 10.9 Å². The van der Waals surface area contributed by atoms with Crippen molar-refractivity contribution >= 4 is 56.9 Å². The molecule has 0 saturated carbocycles. The highest BCUT2D eigenvalue weighted by Crippen LogP contribution is 2.33. The average Bonchev–Trinajstić information content (AvgIpc) is 3.13. The lowest BCUT2D eigenvalue weighted by Crippen LogP contribution is -2.11. The zero-order chi connectivity index (χ0) is 17.3. The number of ether oxygens (including phenoxy) is 1. The van der Waals surface area contributed by atoms with Gasteiger partial charge in [0.25, 0.3) is 5.91 Å². The van der Waals surface area contributed by atoms with Gasteiger partial charge in [0.15, 0.2) is 5.13 Å². The van der Waals surface area contributed by atoms with Gasteiger partial charge in [-0.05, 0) is 36.8 Å². The van der Waals surface area contributed by atoms with E-state index in [9.17, 15) is 4.79 Å². The fourth-order valence-corrected chi connectivity index (χ4v) is 4.33. The molecule has 3 rings (SSSR count). The quantitative estimate of drug-likeness (QED) is 0.608. The SMILES string of the molecule is COc1ccc(-c2csc(NC(=O)c3cc(Cl)sc3Cl)n2)cc1C. The van der Waals surface area contributed by atoms with Gasteiger partial charge in [-0.1, -0.05) is 23.2 Å². The molecule has 0 spiro atoms. The molecule has 2 heterocycles. The zero-order valence-corrected chi connectivity index (χ0v) is 15.9. The number of aromatic nitrogens is 1. The molecule has 0 unspecified atom stereocenters. The van der Waals surface area contributed by atoms with Crippen LogP contribution in [0.3, 0.4) is 0 Å². The zero-order valence-electron chi connectivity index (χ0n) is 12.7. The van der Waals surface area contributed by atoms with Crippen LogP contribution in [-0.2, 0) is 0 Å². The summed E-state index contributed by atoms with van der Waals surface area (Å²) in [6, 6.07) is 7.37. The van der Waals surface area contributed by atoms with Crippen LogP contribution in [0.15, 0.2) is 29.6 Å². The Morgan fingerprint density at radius 2 is 2.08 bits per heavy atom. The Hall–Kier alpha value is -1.60. The average molecular weight is 399 g/mol. The van der Waals surface area contributed by atoms with E-state index in [-0.39, 0.29) is 5.91 Å². The van der Waals surface area contributed by atoms with Gasteiger partial charge in [0.05, 0.1) is 22.7 Å². The van der Waals surface area contributed by atoms with E-state index in [1.165, 1.54) is 11.3 Å². The van der Waals surface area contributed by atoms with E-state index < -0.39 is 0 Å². The number of benzene rings is 1. The minimum atomic E-state index is -0.324. The highest BCUT2D eigenvalue weighted by atomic mass is 35.5. The Bertz CT molecular complexity index is 905. The standard InChI is InChI=1S/C16H12Cl2N2O2S2/c1-8-5-9(3-4-12(8)22-2)11-7-23-16(19-11)20-15(21)10-6-13(17)24-14(10)18/h3-7H,1-2H3,(H,19,20,21). The van der Waals surface area contributed by atoms with Crippen molar-refractivity contribution in [2.45, 2.75) is 6.92 Å². The van der Waals surface area contributed by atoms with Gasteiger partial charge in [-0.3, -0.25) is 10.1 Å². The van der Waals surface area contributed by atoms with Crippen molar-refractivity contribution in [3.8, 4) is 17.0 Å². The van der Waals surface area contributed by atoms with Crippen LogP contribution >= 0.6 is 45.9 Å². The molecule has 0 saturated heterocycles. The number of methoxy groups -OCH3 is 1. The summed E-state index contributed by atoms with van der Waals surface area (Å²) in [5, 5.41) is 5.14. The minimum Gasteiger partial charge on any atom is -0.496 e. The molecule has 124 valence electrons. The fourth-order valence-electron chi connectivity index (χ4n) is 2.16. The second-order valence-electron chi connectivity index (χ2n) is 4.91. The Kier molecular flexibility index (Phi) is 5.10. The van der Waals surface area contributed by atoms with Gasteiger partial charge in [-0.15, -0.1) is 22.7 Å². The predicted molar refractivity (Wildman–Crippen MR) is 101 cm³/mol. The van der Waals surface area contributed by atoms with Crippen molar-refractivity contribution in [2.75, 3.05) is 12.4 Å². The molecular weight excluding hydrogens is 387 g/mol. The first-order valence-electron chi connectivity index (χ1n) is 6.84. The Balaban J connectivity index is 1.79. The third-order valence-corrected chi connectivity index (χ3v) is 5.56. The van der Waals surface area contributed by atoms with E-state index in [2.05, 4.69) is 10.3 Å². The van der Waals surface area contributed by atoms with Crippen molar-refractivity contribution in [1.29, 1.82) is 0 Å². The molecule has 0 atom stereocenters. The fraction of sp³-hybridized carbons (Fsp3) is 0.125. The summed E-state index contributed by atoms with van der Waals surface area (Å²) in [5.74, 6) is 0.501. The lowest BCUT2D eigenvalue weighted by Gasteiger charge is -2.05. The molecule has 0 radical (unpaired) electrons. The maximum Gasteiger partial charge on any atom is 0.259 e. The van der Waals surface area contributed by atoms with Gasteiger partial charge in [0.2, 0.25) is 0 Å². The van der Waals surface area contributed by atoms with Crippen LogP contribution in [0.25, 0.3) is 11.3 Å². The molecule has 24 heavy (non-hydrogen) atoms. The molecule has 8 heteroatoms. The number of anilines is 1. The predicted octanol–water partition coefficient (Wildman–Crippen LogP) is 5.75. The second kappa shape index (κ2) is 7.11. The first-order valence-corrected chi connectivity index (χ1v) is 9.30. The summed E-state index contributed by atoms with van der Waals surface area (Å²) >= 11 is 14.4. The van der Waals surface area contributed by atoms with Crippen molar-refractivity contribution in [2.24, 2.45) is 0 Å². The molecule has 1 amide bonds. The normalized spacial score (nSPS) is 10.7. The third-order valence-electron chi connectivity index (χ3n) is 3.32. The Morgan fingerprint density at radius 1 is 1.29 bits per heavy atom. The van der Waals surface area contributed by atoms with Crippen LogP contribution in [0.5, 0.6) is 5.75 Å². The van der Waals surface area contributed by atoms with E-state index >= 15 is 0 Å². The van der Waals surface area contributed by atoms with Crippen LogP contribution in [0.2, 0.25) is 8.67 Å². The summed E-state index contributed by atoms with van der Waals surface area (Å²) in [5.41, 5.74) is 3.12. The Morgan fingerprint density at radius 3 is 2.71 bits per heavy atom. The molecule has 0 aliphatic carbocycles. The molecule has 4 nitrogen and oxygen atoms in total. The van der Waals surface area contributed by atoms with Crippen LogP contribution < -0.4 is 10.1 Å². The largest absolute Gasteiger partial charge is 0.496 e. The monoisotopic (exact) mass is 398 g/mol. The summed E-state index contributed by atoms with van der Waals surface area (Å²) in [6.45, 7) is 1.97. The van der Waals surface area contributed by atoms with Crippen LogP contribution in [0, 0.1) is 6.92 Å². The Labute approximate surface area is 157 Å². The lowest BCUT2D eigenvalue weighted by molar-refractivity contribution is 0.102. The maximum atomic E-state index is 12.2. The van der Waals surface area contributed by atoms with Crippen molar-refractivity contribution < 1.29 is 9.53 Å². The molecule has 2 aromatic heterocycles. The van der Waals surface area contributed by atoms with Gasteiger partial charge in [-0.2, -0.15) is 0 Å². The van der Waals surface area contributed by atoms with Gasteiger partial charge in [0.1, 0.15) is 10.1 Å². The van der Waals surface area contributed by atoms with E-state index in [0.29, 0.717) is 19.4 Å². The molecule has 0 aliphatic rings. The van der Waals surface area contributed by atoms with E-state index in [0.717, 1.165) is 33.9 Å². The molecule has 3 aromatic rings. The van der Waals surface area contributed by atoms with E-state index in [1.54, 1.807) is 13.2 Å². The first kappa shape index (κ1) is 17.2. The van der Waals surface area contributed by atoms with Gasteiger partial charge in [-0.25, -0.2) is 4.98 Å². The highest BCUT2D eigenvalue weighted by molar-refractivity contribution is 7.20. The minimum absolute atomic E-state index is 0.324. The van der Waals surface area contributed by atoms with Crippen LogP contribution in [0.1, 0.15) is 15.9 Å². The number of aryl methyl sites for hydroxylation is 1. The molecule has 0 fully saturated rings. The van der Waals surface area contributed by atoms with E-state index in [1.807, 2.05) is 30.5 Å². The molecule has 1 aromatic carbocycles. The number of carbonyl (C=O) groups excluding carboxylic acids is 1. The highest BCUT2D eigenvalue weighted by Gasteiger charge is 2.16. The number of amides is 1. The summed E-state index contributed by atoms with van der Waals surface area (Å²) in [4.78, 5) is 16.7. The number of rotatable bonds is 4. The third kappa shape index (κ3) is 3.57. The number of carbonyl (C=O) groups is 1. The van der Waals surface area contributed by atoms with Crippen LogP contribution in [0.4, 0.5) is 5.13 Å². The first-order chi connectivity index (χ1) is 11.5. The molecule has 0 aliphatic heterocycles. The maximum absolute atomic E-state index is 12.2. The van der Waals surface area contributed by atoms with Crippen molar-refractivity contribution in [3.05, 3.63) is 49.4 Å². The summed E-state index contributed by atoms with van der Waals surface area (Å²) in [7, 11) is 1.64. The van der Waals surface area contributed by atoms with Crippen molar-refractivity contribution in [3.63, 3.8) is 0 Å².